The number of carbonyl (C=O) groups is 3. The molecule has 7 nitrogen and oxygen atoms in total. The first kappa shape index (κ1) is 17.5. The van der Waals surface area contributed by atoms with Crippen molar-refractivity contribution in [2.24, 2.45) is 0 Å². The molecule has 1 rings (SSSR count). The van der Waals surface area contributed by atoms with E-state index in [1.54, 1.807) is 0 Å². The Morgan fingerprint density at radius 3 is 2.50 bits per heavy atom. The zero-order valence-corrected chi connectivity index (χ0v) is 12.4. The molecule has 0 saturated carbocycles. The van der Waals surface area contributed by atoms with Gasteiger partial charge in [0, 0.05) is 0 Å². The van der Waals surface area contributed by atoms with Crippen LogP contribution in [0.3, 0.4) is 0 Å². The lowest BCUT2D eigenvalue weighted by molar-refractivity contribution is -0.138. The molecule has 0 aliphatic heterocycles. The first-order chi connectivity index (χ1) is 10.5. The van der Waals surface area contributed by atoms with Gasteiger partial charge in [-0.2, -0.15) is 0 Å². The van der Waals surface area contributed by atoms with Gasteiger partial charge < -0.3 is 20.5 Å². The van der Waals surface area contributed by atoms with E-state index in [0.29, 0.717) is 12.8 Å². The smallest absolute Gasteiger partial charge is 0.408 e. The third kappa shape index (κ3) is 6.74. The minimum Gasteiger partial charge on any atom is -0.480 e. The van der Waals surface area contributed by atoms with E-state index in [4.69, 9.17) is 9.84 Å². The second-order valence-electron chi connectivity index (χ2n) is 4.66. The molecule has 22 heavy (non-hydrogen) atoms. The van der Waals surface area contributed by atoms with Crippen LogP contribution in [0.25, 0.3) is 0 Å². The molecule has 0 aliphatic rings. The number of benzene rings is 1. The molecule has 120 valence electrons. The second-order valence-corrected chi connectivity index (χ2v) is 4.66. The minimum absolute atomic E-state index is 0.0995. The van der Waals surface area contributed by atoms with Crippen LogP contribution in [-0.4, -0.2) is 35.7 Å². The quantitative estimate of drug-likeness (QED) is 0.671. The summed E-state index contributed by atoms with van der Waals surface area (Å²) in [6.45, 7) is 1.47. The Kier molecular flexibility index (Phi) is 7.45. The maximum absolute atomic E-state index is 11.8. The van der Waals surface area contributed by atoms with Crippen LogP contribution in [-0.2, 0) is 20.9 Å². The highest BCUT2D eigenvalue weighted by atomic mass is 16.5. The van der Waals surface area contributed by atoms with Crippen molar-refractivity contribution in [3.05, 3.63) is 35.9 Å². The highest BCUT2D eigenvalue weighted by molar-refractivity contribution is 5.87. The second kappa shape index (κ2) is 9.38. The van der Waals surface area contributed by atoms with E-state index in [9.17, 15) is 14.4 Å². The van der Waals surface area contributed by atoms with Crippen molar-refractivity contribution in [1.82, 2.24) is 10.6 Å². The fourth-order valence-electron chi connectivity index (χ4n) is 1.75. The van der Waals surface area contributed by atoms with Crippen molar-refractivity contribution in [3.63, 3.8) is 0 Å². The van der Waals surface area contributed by atoms with Crippen molar-refractivity contribution in [2.75, 3.05) is 6.54 Å². The Labute approximate surface area is 128 Å². The molecule has 1 aromatic carbocycles. The van der Waals surface area contributed by atoms with Gasteiger partial charge >= 0.3 is 12.1 Å². The van der Waals surface area contributed by atoms with E-state index in [2.05, 4.69) is 10.6 Å². The van der Waals surface area contributed by atoms with Crippen molar-refractivity contribution in [2.45, 2.75) is 32.4 Å². The summed E-state index contributed by atoms with van der Waals surface area (Å²) in [6.07, 6.45) is 0.337. The summed E-state index contributed by atoms with van der Waals surface area (Å²) in [5.74, 6) is -1.68. The normalized spacial score (nSPS) is 11.3. The van der Waals surface area contributed by atoms with Crippen molar-refractivity contribution in [1.29, 1.82) is 0 Å². The Morgan fingerprint density at radius 2 is 1.91 bits per heavy atom. The summed E-state index contributed by atoms with van der Waals surface area (Å²) in [5, 5.41) is 13.2. The van der Waals surface area contributed by atoms with Gasteiger partial charge in [0.25, 0.3) is 0 Å². The number of ether oxygens (including phenoxy) is 1. The summed E-state index contributed by atoms with van der Waals surface area (Å²) in [6, 6.07) is 8.33. The van der Waals surface area contributed by atoms with Crippen molar-refractivity contribution >= 4 is 18.0 Å². The summed E-state index contributed by atoms with van der Waals surface area (Å²) in [7, 11) is 0. The molecule has 0 spiro atoms. The highest BCUT2D eigenvalue weighted by Crippen LogP contribution is 2.02. The molecule has 2 amide bonds. The molecule has 0 aliphatic carbocycles. The van der Waals surface area contributed by atoms with E-state index in [1.807, 2.05) is 37.3 Å². The summed E-state index contributed by atoms with van der Waals surface area (Å²) in [4.78, 5) is 34.0. The standard InChI is InChI=1S/C15H20N2O5/c1-2-6-12(14(20)16-9-13(18)19)17-15(21)22-10-11-7-4-3-5-8-11/h3-5,7-8,12H,2,6,9-10H2,1H3,(H,16,20)(H,17,21)(H,18,19)/t12-/m1/s1. The topological polar surface area (TPSA) is 105 Å². The average Bonchev–Trinajstić information content (AvgIpc) is 2.51. The first-order valence-corrected chi connectivity index (χ1v) is 6.99. The van der Waals surface area contributed by atoms with Crippen LogP contribution < -0.4 is 10.6 Å². The van der Waals surface area contributed by atoms with E-state index >= 15 is 0 Å². The van der Waals surface area contributed by atoms with Crippen LogP contribution in [0, 0.1) is 0 Å². The van der Waals surface area contributed by atoms with Crippen LogP contribution in [0.4, 0.5) is 4.79 Å². The van der Waals surface area contributed by atoms with Gasteiger partial charge in [-0.25, -0.2) is 4.79 Å². The molecule has 1 aromatic rings. The van der Waals surface area contributed by atoms with E-state index in [-0.39, 0.29) is 6.61 Å². The number of hydrogen-bond acceptors (Lipinski definition) is 4. The first-order valence-electron chi connectivity index (χ1n) is 6.99. The van der Waals surface area contributed by atoms with Crippen molar-refractivity contribution < 1.29 is 24.2 Å². The molecule has 0 aromatic heterocycles. The zero-order chi connectivity index (χ0) is 16.4. The van der Waals surface area contributed by atoms with Crippen LogP contribution in [0.2, 0.25) is 0 Å². The molecule has 0 radical (unpaired) electrons. The van der Waals surface area contributed by atoms with Gasteiger partial charge in [-0.1, -0.05) is 43.7 Å². The molecule has 0 fully saturated rings. The van der Waals surface area contributed by atoms with Crippen LogP contribution in [0.1, 0.15) is 25.3 Å². The number of nitrogens with one attached hydrogen (secondary N) is 2. The number of amides is 2. The number of carboxylic acid groups (broad SMARTS) is 1. The lowest BCUT2D eigenvalue weighted by atomic mass is 10.1. The minimum atomic E-state index is -1.14. The van der Waals surface area contributed by atoms with Gasteiger partial charge in [-0.05, 0) is 12.0 Å². The third-order valence-electron chi connectivity index (χ3n) is 2.81. The van der Waals surface area contributed by atoms with Crippen LogP contribution in [0.5, 0.6) is 0 Å². The Hall–Kier alpha value is -2.57. The molecule has 0 bridgehead atoms. The monoisotopic (exact) mass is 308 g/mol. The number of alkyl carbamates (subject to hydrolysis) is 1. The predicted molar refractivity (Wildman–Crippen MR) is 79.1 cm³/mol. The molecular weight excluding hydrogens is 288 g/mol. The SMILES string of the molecule is CCC[C@@H](NC(=O)OCc1ccccc1)C(=O)NCC(=O)O. The summed E-state index contributed by atoms with van der Waals surface area (Å²) >= 11 is 0. The average molecular weight is 308 g/mol. The predicted octanol–water partition coefficient (Wildman–Crippen LogP) is 1.28. The van der Waals surface area contributed by atoms with Gasteiger partial charge in [0.1, 0.15) is 19.2 Å². The molecule has 0 heterocycles. The molecule has 3 N–H and O–H groups in total. The molecule has 1 atom stereocenters. The van der Waals surface area contributed by atoms with Gasteiger partial charge in [0.15, 0.2) is 0 Å². The molecular formula is C15H20N2O5. The third-order valence-corrected chi connectivity index (χ3v) is 2.81. The lowest BCUT2D eigenvalue weighted by Gasteiger charge is -2.17. The van der Waals surface area contributed by atoms with Gasteiger partial charge in [-0.3, -0.25) is 9.59 Å². The maximum Gasteiger partial charge on any atom is 0.408 e. The molecule has 7 heteroatoms. The Morgan fingerprint density at radius 1 is 1.23 bits per heavy atom. The van der Waals surface area contributed by atoms with Crippen molar-refractivity contribution in [3.8, 4) is 0 Å². The Bertz CT molecular complexity index is 504. The van der Waals surface area contributed by atoms with Crippen LogP contribution >= 0.6 is 0 Å². The fourth-order valence-corrected chi connectivity index (χ4v) is 1.75. The van der Waals surface area contributed by atoms with E-state index in [1.165, 1.54) is 0 Å². The number of hydrogen-bond donors (Lipinski definition) is 3. The number of carboxylic acids is 1. The van der Waals surface area contributed by atoms with Gasteiger partial charge in [0.05, 0.1) is 0 Å². The maximum atomic E-state index is 11.8. The Balaban J connectivity index is 2.45. The lowest BCUT2D eigenvalue weighted by Crippen LogP contribution is -2.47. The number of rotatable bonds is 8. The fraction of sp³-hybridized carbons (Fsp3) is 0.400. The summed E-state index contributed by atoms with van der Waals surface area (Å²) < 4.78 is 5.03. The number of aliphatic carboxylic acids is 1. The van der Waals surface area contributed by atoms with Crippen LogP contribution in [0.15, 0.2) is 30.3 Å². The zero-order valence-electron chi connectivity index (χ0n) is 12.4. The molecule has 0 saturated heterocycles. The summed E-state index contributed by atoms with van der Waals surface area (Å²) in [5.41, 5.74) is 0.833. The number of carbonyl (C=O) groups excluding carboxylic acids is 2. The van der Waals surface area contributed by atoms with E-state index in [0.717, 1.165) is 5.56 Å². The molecule has 0 unspecified atom stereocenters. The van der Waals surface area contributed by atoms with Gasteiger partial charge in [-0.15, -0.1) is 0 Å². The van der Waals surface area contributed by atoms with E-state index < -0.39 is 30.6 Å². The largest absolute Gasteiger partial charge is 0.480 e. The highest BCUT2D eigenvalue weighted by Gasteiger charge is 2.20. The van der Waals surface area contributed by atoms with Gasteiger partial charge in [0.2, 0.25) is 5.91 Å².